The number of hydrogen-bond donors (Lipinski definition) is 0. The molecule has 8 heteroatoms. The topological polar surface area (TPSA) is 45.9 Å². The Labute approximate surface area is 185 Å². The van der Waals surface area contributed by atoms with Gasteiger partial charge in [0.25, 0.3) is 0 Å². The van der Waals surface area contributed by atoms with Gasteiger partial charge in [-0.3, -0.25) is 9.69 Å². The molecular weight excluding hydrogens is 430 g/mol. The minimum atomic E-state index is -0.292. The Balaban J connectivity index is 0.00000256. The fourth-order valence-electron chi connectivity index (χ4n) is 3.66. The van der Waals surface area contributed by atoms with E-state index in [0.717, 1.165) is 16.7 Å². The second-order valence-electron chi connectivity index (χ2n) is 7.16. The van der Waals surface area contributed by atoms with Crippen molar-refractivity contribution in [2.24, 2.45) is 0 Å². The summed E-state index contributed by atoms with van der Waals surface area (Å²) < 4.78 is 24.8. The van der Waals surface area contributed by atoms with Crippen molar-refractivity contribution in [2.45, 2.75) is 13.0 Å². The third-order valence-electron chi connectivity index (χ3n) is 5.37. The third kappa shape index (κ3) is 4.72. The standard InChI is InChI=1S/C22H22ClFN2O3.ClH/c1-28-16-5-6-17-15(14-29-21(17)12-16)11-22(27)26-9-7-25(8-10-26)13-18-19(23)3-2-4-20(18)24;/h2-6,12,14H,7-11,13H2,1H3;1H. The predicted molar refractivity (Wildman–Crippen MR) is 117 cm³/mol. The summed E-state index contributed by atoms with van der Waals surface area (Å²) in [7, 11) is 1.61. The summed E-state index contributed by atoms with van der Waals surface area (Å²) in [5.41, 5.74) is 2.08. The molecular formula is C22H23Cl2FN2O3. The SMILES string of the molecule is COc1ccc2c(CC(=O)N3CCN(Cc4c(F)cccc4Cl)CC3)coc2c1.Cl. The quantitative estimate of drug-likeness (QED) is 0.569. The molecule has 0 aliphatic carbocycles. The Morgan fingerprint density at radius 2 is 1.97 bits per heavy atom. The van der Waals surface area contributed by atoms with Crippen LogP contribution in [0.25, 0.3) is 11.0 Å². The maximum atomic E-state index is 14.0. The van der Waals surface area contributed by atoms with Crippen LogP contribution in [0.5, 0.6) is 5.75 Å². The molecule has 1 amide bonds. The predicted octanol–water partition coefficient (Wildman–Crippen LogP) is 4.54. The maximum Gasteiger partial charge on any atom is 0.227 e. The number of fused-ring (bicyclic) bond motifs is 1. The van der Waals surface area contributed by atoms with Gasteiger partial charge in [0, 0.05) is 60.3 Å². The van der Waals surface area contributed by atoms with Gasteiger partial charge in [-0.2, -0.15) is 0 Å². The minimum absolute atomic E-state index is 0. The number of methoxy groups -OCH3 is 1. The monoisotopic (exact) mass is 452 g/mol. The molecule has 1 aromatic heterocycles. The van der Waals surface area contributed by atoms with Gasteiger partial charge < -0.3 is 14.1 Å². The molecule has 2 heterocycles. The van der Waals surface area contributed by atoms with Crippen molar-refractivity contribution in [2.75, 3.05) is 33.3 Å². The van der Waals surface area contributed by atoms with Gasteiger partial charge in [-0.05, 0) is 24.3 Å². The molecule has 160 valence electrons. The molecule has 3 aromatic rings. The number of nitrogens with zero attached hydrogens (tertiary/aromatic N) is 2. The molecule has 30 heavy (non-hydrogen) atoms. The minimum Gasteiger partial charge on any atom is -0.497 e. The van der Waals surface area contributed by atoms with E-state index in [-0.39, 0.29) is 24.1 Å². The largest absolute Gasteiger partial charge is 0.497 e. The zero-order valence-electron chi connectivity index (χ0n) is 16.6. The number of carbonyl (C=O) groups excluding carboxylic acids is 1. The Bertz CT molecular complexity index is 1010. The van der Waals surface area contributed by atoms with Crippen LogP contribution < -0.4 is 4.74 Å². The van der Waals surface area contributed by atoms with Crippen molar-refractivity contribution in [1.29, 1.82) is 0 Å². The van der Waals surface area contributed by atoms with Crippen LogP contribution in [0.15, 0.2) is 47.1 Å². The first kappa shape index (κ1) is 22.4. The van der Waals surface area contributed by atoms with Crippen molar-refractivity contribution < 1.29 is 18.3 Å². The number of piperazine rings is 1. The van der Waals surface area contributed by atoms with Gasteiger partial charge in [0.15, 0.2) is 0 Å². The van der Waals surface area contributed by atoms with Crippen molar-refractivity contribution in [3.63, 3.8) is 0 Å². The summed E-state index contributed by atoms with van der Waals surface area (Å²) in [5.74, 6) is 0.488. The molecule has 1 aliphatic rings. The van der Waals surface area contributed by atoms with Crippen LogP contribution in [-0.2, 0) is 17.8 Å². The van der Waals surface area contributed by atoms with Crippen molar-refractivity contribution >= 4 is 40.9 Å². The zero-order valence-corrected chi connectivity index (χ0v) is 18.1. The van der Waals surface area contributed by atoms with Crippen LogP contribution in [0.1, 0.15) is 11.1 Å². The lowest BCUT2D eigenvalue weighted by Crippen LogP contribution is -2.48. The highest BCUT2D eigenvalue weighted by atomic mass is 35.5. The first-order valence-electron chi connectivity index (χ1n) is 9.52. The molecule has 1 aliphatic heterocycles. The molecule has 0 saturated carbocycles. The number of hydrogen-bond acceptors (Lipinski definition) is 4. The first-order valence-corrected chi connectivity index (χ1v) is 9.90. The van der Waals surface area contributed by atoms with E-state index >= 15 is 0 Å². The molecule has 5 nitrogen and oxygen atoms in total. The average Bonchev–Trinajstić information content (AvgIpc) is 3.13. The van der Waals surface area contributed by atoms with Gasteiger partial charge in [0.05, 0.1) is 19.8 Å². The second-order valence-corrected chi connectivity index (χ2v) is 7.56. The Hall–Kier alpha value is -2.28. The summed E-state index contributed by atoms with van der Waals surface area (Å²) >= 11 is 6.13. The van der Waals surface area contributed by atoms with Crippen LogP contribution in [0.2, 0.25) is 5.02 Å². The van der Waals surface area contributed by atoms with Gasteiger partial charge in [-0.15, -0.1) is 12.4 Å². The summed E-state index contributed by atoms with van der Waals surface area (Å²) in [6.07, 6.45) is 1.93. The van der Waals surface area contributed by atoms with E-state index in [4.69, 9.17) is 20.8 Å². The Kier molecular flexibility index (Phi) is 7.23. The molecule has 2 aromatic carbocycles. The van der Waals surface area contributed by atoms with Crippen molar-refractivity contribution in [3.8, 4) is 5.75 Å². The highest BCUT2D eigenvalue weighted by Crippen LogP contribution is 2.26. The normalized spacial score (nSPS) is 14.6. The van der Waals surface area contributed by atoms with Gasteiger partial charge in [0.2, 0.25) is 5.91 Å². The lowest BCUT2D eigenvalue weighted by Gasteiger charge is -2.35. The van der Waals surface area contributed by atoms with Crippen molar-refractivity contribution in [3.05, 3.63) is 64.6 Å². The van der Waals surface area contributed by atoms with E-state index in [9.17, 15) is 9.18 Å². The van der Waals surface area contributed by atoms with E-state index in [2.05, 4.69) is 4.90 Å². The second kappa shape index (κ2) is 9.69. The average molecular weight is 453 g/mol. The number of furan rings is 1. The van der Waals surface area contributed by atoms with Crippen LogP contribution in [0.3, 0.4) is 0 Å². The molecule has 0 bridgehead atoms. The van der Waals surface area contributed by atoms with Gasteiger partial charge in [0.1, 0.15) is 17.1 Å². The fourth-order valence-corrected chi connectivity index (χ4v) is 3.89. The molecule has 4 rings (SSSR count). The van der Waals surface area contributed by atoms with E-state index in [0.29, 0.717) is 55.3 Å². The van der Waals surface area contributed by atoms with E-state index in [1.807, 2.05) is 23.1 Å². The van der Waals surface area contributed by atoms with Gasteiger partial charge in [-0.25, -0.2) is 4.39 Å². The first-order chi connectivity index (χ1) is 14.0. The van der Waals surface area contributed by atoms with Crippen molar-refractivity contribution in [1.82, 2.24) is 9.80 Å². The highest BCUT2D eigenvalue weighted by Gasteiger charge is 2.23. The van der Waals surface area contributed by atoms with Gasteiger partial charge in [-0.1, -0.05) is 17.7 Å². The molecule has 0 unspecified atom stereocenters. The Morgan fingerprint density at radius 1 is 1.20 bits per heavy atom. The number of carbonyl (C=O) groups is 1. The molecule has 0 spiro atoms. The van der Waals surface area contributed by atoms with Crippen LogP contribution in [-0.4, -0.2) is 49.0 Å². The zero-order chi connectivity index (χ0) is 20.4. The third-order valence-corrected chi connectivity index (χ3v) is 5.73. The fraction of sp³-hybridized carbons (Fsp3) is 0.318. The summed E-state index contributed by atoms with van der Waals surface area (Å²) in [5, 5.41) is 1.36. The van der Waals surface area contributed by atoms with Crippen LogP contribution in [0, 0.1) is 5.82 Å². The highest BCUT2D eigenvalue weighted by molar-refractivity contribution is 6.31. The number of benzene rings is 2. The summed E-state index contributed by atoms with van der Waals surface area (Å²) in [6, 6.07) is 10.3. The van der Waals surface area contributed by atoms with Gasteiger partial charge >= 0.3 is 0 Å². The summed E-state index contributed by atoms with van der Waals surface area (Å²) in [4.78, 5) is 16.7. The number of amides is 1. The van der Waals surface area contributed by atoms with Crippen LogP contribution >= 0.6 is 24.0 Å². The maximum absolute atomic E-state index is 14.0. The summed E-state index contributed by atoms with van der Waals surface area (Å²) in [6.45, 7) is 3.02. The molecule has 1 saturated heterocycles. The van der Waals surface area contributed by atoms with E-state index in [1.54, 1.807) is 25.5 Å². The van der Waals surface area contributed by atoms with E-state index < -0.39 is 0 Å². The molecule has 0 radical (unpaired) electrons. The number of rotatable bonds is 5. The lowest BCUT2D eigenvalue weighted by atomic mass is 10.1. The lowest BCUT2D eigenvalue weighted by molar-refractivity contribution is -0.132. The van der Waals surface area contributed by atoms with E-state index in [1.165, 1.54) is 6.07 Å². The molecule has 0 atom stereocenters. The van der Waals surface area contributed by atoms with Crippen LogP contribution in [0.4, 0.5) is 4.39 Å². The molecule has 1 fully saturated rings. The number of halogens is 3. The smallest absolute Gasteiger partial charge is 0.227 e. The Morgan fingerprint density at radius 3 is 2.67 bits per heavy atom. The molecule has 0 N–H and O–H groups in total. The number of ether oxygens (including phenoxy) is 1.